The van der Waals surface area contributed by atoms with E-state index in [4.69, 9.17) is 0 Å². The van der Waals surface area contributed by atoms with E-state index >= 15 is 0 Å². The van der Waals surface area contributed by atoms with E-state index in [-0.39, 0.29) is 0 Å². The summed E-state index contributed by atoms with van der Waals surface area (Å²) < 4.78 is 0. The van der Waals surface area contributed by atoms with Crippen molar-refractivity contribution in [2.75, 3.05) is 0 Å². The van der Waals surface area contributed by atoms with Gasteiger partial charge < -0.3 is 5.11 Å². The Labute approximate surface area is 101 Å². The average molecular weight is 225 g/mol. The van der Waals surface area contributed by atoms with Crippen molar-refractivity contribution in [3.8, 4) is 0 Å². The van der Waals surface area contributed by atoms with E-state index < -0.39 is 5.60 Å². The van der Waals surface area contributed by atoms with Crippen LogP contribution in [0.15, 0.2) is 60.9 Å². The predicted molar refractivity (Wildman–Crippen MR) is 69.3 cm³/mol. The van der Waals surface area contributed by atoms with Crippen LogP contribution >= 0.6 is 0 Å². The molecule has 1 N–H and O–H groups in total. The molecule has 0 aliphatic rings. The molecule has 0 bridgehead atoms. The summed E-state index contributed by atoms with van der Waals surface area (Å²) in [6.45, 7) is 1.77. The summed E-state index contributed by atoms with van der Waals surface area (Å²) in [5.41, 5.74) is 0.931. The maximum atomic E-state index is 10.3. The summed E-state index contributed by atoms with van der Waals surface area (Å²) in [5, 5.41) is 10.3. The number of aromatic nitrogens is 1. The maximum absolute atomic E-state index is 10.3. The first-order valence-corrected chi connectivity index (χ1v) is 5.56. The van der Waals surface area contributed by atoms with Crippen molar-refractivity contribution < 1.29 is 5.11 Å². The largest absolute Gasteiger partial charge is 0.381 e. The lowest BCUT2D eigenvalue weighted by molar-refractivity contribution is 0.112. The second-order valence-corrected chi connectivity index (χ2v) is 4.13. The molecule has 1 unspecified atom stereocenters. The van der Waals surface area contributed by atoms with Gasteiger partial charge in [-0.05, 0) is 36.3 Å². The number of hydrogen-bond acceptors (Lipinski definition) is 2. The molecule has 1 heterocycles. The molecule has 0 saturated carbocycles. The van der Waals surface area contributed by atoms with Crippen LogP contribution in [0.5, 0.6) is 0 Å². The van der Waals surface area contributed by atoms with Gasteiger partial charge in [0.1, 0.15) is 5.60 Å². The van der Waals surface area contributed by atoms with Crippen molar-refractivity contribution in [3.63, 3.8) is 0 Å². The van der Waals surface area contributed by atoms with Gasteiger partial charge in [0, 0.05) is 12.4 Å². The fourth-order valence-corrected chi connectivity index (χ4v) is 1.61. The number of aliphatic hydroxyl groups is 1. The monoisotopic (exact) mass is 225 g/mol. The van der Waals surface area contributed by atoms with Crippen LogP contribution in [0.2, 0.25) is 0 Å². The summed E-state index contributed by atoms with van der Waals surface area (Å²) >= 11 is 0. The van der Waals surface area contributed by atoms with Gasteiger partial charge in [-0.2, -0.15) is 0 Å². The Hall–Kier alpha value is -1.93. The van der Waals surface area contributed by atoms with Gasteiger partial charge in [0.25, 0.3) is 0 Å². The molecule has 2 nitrogen and oxygen atoms in total. The number of pyridine rings is 1. The minimum Gasteiger partial charge on any atom is -0.381 e. The third-order valence-electron chi connectivity index (χ3n) is 2.66. The van der Waals surface area contributed by atoms with Crippen molar-refractivity contribution >= 4 is 6.08 Å². The molecule has 2 rings (SSSR count). The summed E-state index contributed by atoms with van der Waals surface area (Å²) in [4.78, 5) is 3.94. The van der Waals surface area contributed by atoms with E-state index in [9.17, 15) is 5.11 Å². The minimum absolute atomic E-state index is 0.833. The molecule has 86 valence electrons. The van der Waals surface area contributed by atoms with E-state index in [0.29, 0.717) is 0 Å². The molecule has 1 aromatic carbocycles. The topological polar surface area (TPSA) is 33.1 Å². The van der Waals surface area contributed by atoms with Crippen LogP contribution < -0.4 is 0 Å². The van der Waals surface area contributed by atoms with Crippen LogP contribution in [0.25, 0.3) is 6.08 Å². The van der Waals surface area contributed by atoms with E-state index in [1.807, 2.05) is 48.5 Å². The predicted octanol–water partition coefficient (Wildman–Crippen LogP) is 3.00. The summed E-state index contributed by atoms with van der Waals surface area (Å²) in [6, 6.07) is 13.5. The van der Waals surface area contributed by atoms with Crippen molar-refractivity contribution in [3.05, 3.63) is 72.1 Å². The number of nitrogens with zero attached hydrogens (tertiary/aromatic N) is 1. The van der Waals surface area contributed by atoms with Crippen LogP contribution in [0.4, 0.5) is 0 Å². The molecular weight excluding hydrogens is 210 g/mol. The van der Waals surface area contributed by atoms with E-state index in [1.54, 1.807) is 25.4 Å². The molecule has 2 aromatic rings. The first kappa shape index (κ1) is 11.6. The zero-order valence-electron chi connectivity index (χ0n) is 9.75. The van der Waals surface area contributed by atoms with Gasteiger partial charge in [0.15, 0.2) is 0 Å². The highest BCUT2D eigenvalue weighted by Crippen LogP contribution is 2.22. The van der Waals surface area contributed by atoms with Gasteiger partial charge in [-0.15, -0.1) is 0 Å². The fourth-order valence-electron chi connectivity index (χ4n) is 1.61. The first-order chi connectivity index (χ1) is 8.18. The Morgan fingerprint density at radius 1 is 1.06 bits per heavy atom. The Morgan fingerprint density at radius 3 is 2.35 bits per heavy atom. The Bertz CT molecular complexity index is 489. The lowest BCUT2D eigenvalue weighted by Crippen LogP contribution is -2.17. The van der Waals surface area contributed by atoms with Gasteiger partial charge >= 0.3 is 0 Å². The van der Waals surface area contributed by atoms with Gasteiger partial charge in [0.05, 0.1) is 0 Å². The molecule has 0 amide bonds. The SMILES string of the molecule is CC(O)(/C=C\c1ccccc1)c1ccncc1. The van der Waals surface area contributed by atoms with Crippen LogP contribution in [-0.4, -0.2) is 10.1 Å². The highest BCUT2D eigenvalue weighted by Gasteiger charge is 2.18. The molecule has 0 spiro atoms. The van der Waals surface area contributed by atoms with Gasteiger partial charge in [-0.3, -0.25) is 4.98 Å². The molecule has 17 heavy (non-hydrogen) atoms. The van der Waals surface area contributed by atoms with Crippen molar-refractivity contribution in [2.45, 2.75) is 12.5 Å². The third-order valence-corrected chi connectivity index (χ3v) is 2.66. The summed E-state index contributed by atoms with van der Waals surface area (Å²) in [6.07, 6.45) is 7.07. The second-order valence-electron chi connectivity index (χ2n) is 4.13. The van der Waals surface area contributed by atoms with Crippen LogP contribution in [0.3, 0.4) is 0 Å². The molecule has 0 aliphatic heterocycles. The molecule has 0 fully saturated rings. The smallest absolute Gasteiger partial charge is 0.105 e. The molecule has 0 saturated heterocycles. The molecule has 1 atom stereocenters. The number of hydrogen-bond donors (Lipinski definition) is 1. The second kappa shape index (κ2) is 4.93. The third kappa shape index (κ3) is 3.02. The molecule has 0 aliphatic carbocycles. The highest BCUT2D eigenvalue weighted by atomic mass is 16.3. The van der Waals surface area contributed by atoms with Crippen LogP contribution in [0.1, 0.15) is 18.1 Å². The zero-order valence-corrected chi connectivity index (χ0v) is 9.75. The molecule has 1 aromatic heterocycles. The molecular formula is C15H15NO. The Morgan fingerprint density at radius 2 is 1.71 bits per heavy atom. The molecule has 0 radical (unpaired) electrons. The average Bonchev–Trinajstić information content (AvgIpc) is 2.39. The van der Waals surface area contributed by atoms with E-state index in [2.05, 4.69) is 4.98 Å². The lowest BCUT2D eigenvalue weighted by Gasteiger charge is -2.19. The summed E-state index contributed by atoms with van der Waals surface area (Å²) in [7, 11) is 0. The minimum atomic E-state index is -0.973. The van der Waals surface area contributed by atoms with Gasteiger partial charge in [0.2, 0.25) is 0 Å². The van der Waals surface area contributed by atoms with E-state index in [1.165, 1.54) is 0 Å². The quantitative estimate of drug-likeness (QED) is 0.871. The lowest BCUT2D eigenvalue weighted by atomic mass is 9.96. The normalized spacial score (nSPS) is 14.7. The number of benzene rings is 1. The standard InChI is InChI=1S/C15H15NO/c1-15(17,14-8-11-16-12-9-14)10-7-13-5-3-2-4-6-13/h2-12,17H,1H3/b10-7-. The van der Waals surface area contributed by atoms with Crippen LogP contribution in [0, 0.1) is 0 Å². The zero-order chi connectivity index (χ0) is 12.1. The summed E-state index contributed by atoms with van der Waals surface area (Å²) in [5.74, 6) is 0. The van der Waals surface area contributed by atoms with Crippen molar-refractivity contribution in [2.24, 2.45) is 0 Å². The first-order valence-electron chi connectivity index (χ1n) is 5.56. The van der Waals surface area contributed by atoms with Gasteiger partial charge in [-0.1, -0.05) is 36.4 Å². The fraction of sp³-hybridized carbons (Fsp3) is 0.133. The maximum Gasteiger partial charge on any atom is 0.105 e. The molecule has 2 heteroatoms. The van der Waals surface area contributed by atoms with E-state index in [0.717, 1.165) is 11.1 Å². The van der Waals surface area contributed by atoms with Crippen molar-refractivity contribution in [1.82, 2.24) is 4.98 Å². The number of rotatable bonds is 3. The Kier molecular flexibility index (Phi) is 3.35. The Balaban J connectivity index is 2.21. The van der Waals surface area contributed by atoms with Crippen molar-refractivity contribution in [1.29, 1.82) is 0 Å². The highest BCUT2D eigenvalue weighted by molar-refractivity contribution is 5.51. The van der Waals surface area contributed by atoms with Gasteiger partial charge in [-0.25, -0.2) is 0 Å². The van der Waals surface area contributed by atoms with Crippen LogP contribution in [-0.2, 0) is 5.60 Å².